The van der Waals surface area contributed by atoms with Crippen LogP contribution in [0.4, 0.5) is 84.1 Å². The first-order valence-electron chi connectivity index (χ1n) is 31.8. The van der Waals surface area contributed by atoms with Gasteiger partial charge in [-0.15, -0.1) is 23.2 Å². The van der Waals surface area contributed by atoms with Crippen LogP contribution in [0.15, 0.2) is 165 Å². The number of aromatic nitrogens is 9. The molecule has 42 heteroatoms. The summed E-state index contributed by atoms with van der Waals surface area (Å²) in [4.78, 5) is 44.1. The Kier molecular flexibility index (Phi) is 31.8. The third-order valence-corrected chi connectivity index (χ3v) is 20.3. The van der Waals surface area contributed by atoms with Crippen molar-refractivity contribution in [1.29, 1.82) is 0 Å². The van der Waals surface area contributed by atoms with Crippen molar-refractivity contribution in [3.05, 3.63) is 238 Å². The summed E-state index contributed by atoms with van der Waals surface area (Å²) in [6, 6.07) is 30.4. The van der Waals surface area contributed by atoms with Gasteiger partial charge in [0.2, 0.25) is 0 Å². The minimum absolute atomic E-state index is 0.0187. The van der Waals surface area contributed by atoms with Crippen molar-refractivity contribution < 1.29 is 67.7 Å². The first-order chi connectivity index (χ1) is 52.9. The highest BCUT2D eigenvalue weighted by Gasteiger charge is 2.52. The number of aryl methyl sites for hydroxylation is 3. The van der Waals surface area contributed by atoms with Crippen molar-refractivity contribution in [3.63, 3.8) is 0 Å². The second kappa shape index (κ2) is 39.6. The van der Waals surface area contributed by atoms with Crippen molar-refractivity contribution in [2.45, 2.75) is 72.0 Å². The van der Waals surface area contributed by atoms with E-state index in [2.05, 4.69) is 94.3 Å². The second-order valence-electron chi connectivity index (χ2n) is 24.3. The first-order valence-corrected chi connectivity index (χ1v) is 37.8. The van der Waals surface area contributed by atoms with E-state index in [1.54, 1.807) is 18.3 Å². The Morgan fingerprint density at radius 3 is 1.28 bits per heavy atom. The molecule has 7 heterocycles. The minimum Gasteiger partial charge on any atom is -0.399 e. The zero-order valence-electron chi connectivity index (χ0n) is 59.3. The van der Waals surface area contributed by atoms with Gasteiger partial charge in [-0.1, -0.05) is 66.0 Å². The van der Waals surface area contributed by atoms with Gasteiger partial charge in [0.15, 0.2) is 0 Å². The summed E-state index contributed by atoms with van der Waals surface area (Å²) in [5.74, 6) is -4.39. The number of amides is 1. The molecule has 6 aromatic heterocycles. The Morgan fingerprint density at radius 2 is 0.894 bits per heavy atom. The van der Waals surface area contributed by atoms with Crippen molar-refractivity contribution in [2.24, 2.45) is 0 Å². The summed E-state index contributed by atoms with van der Waals surface area (Å²) < 4.78 is 171. The molecule has 11 N–H and O–H groups in total. The SMILES string of the molecule is CC1(C)OB(c2ccc(N)nc2)OC1(C)C.Cc1cc(N)c(N)cc1Br.Cc1cc(N)c([N+](=O)[O-])cc1Br.Cc1cc2nsnc2cc1Br.ClCCl.Nc1ccc(-c2cc3nsnc3cc2C(F)(F)F)cn1.O=C(Cl)c1c(F)cccc1F.O=C(Nc1ccc(-c2cc3nsnc3cc2C(F)(F)F)cn1)c1c(F)cccc1F. The maximum absolute atomic E-state index is 13.7. The summed E-state index contributed by atoms with van der Waals surface area (Å²) in [6.45, 7) is 13.9. The fourth-order valence-electron chi connectivity index (χ4n) is 9.40. The largest absolute Gasteiger partial charge is 0.496 e. The number of benzene rings is 7. The molecular weight excluding hydrogens is 1820 g/mol. The minimum atomic E-state index is -4.64. The molecule has 1 amide bonds. The Morgan fingerprint density at radius 1 is 0.522 bits per heavy atom. The zero-order valence-corrected chi connectivity index (χ0v) is 68.8. The highest BCUT2D eigenvalue weighted by molar-refractivity contribution is 9.11. The molecule has 7 aromatic carbocycles. The number of rotatable bonds is 7. The standard InChI is InChI=1S/C19H9F5N4OS.C12H7F3N4S.C11H17BN2O2.C7H7BrN2O2.C7H5BrN2S.C7H9BrN2.C7H3ClF2O.CH2Cl2/c20-12-2-1-3-13(21)17(12)18(29)26-16-5-4-9(8-25-16)10-6-14-15(28-30-27-14)7-11(10)19(22,23)24;13-12(14,15)8-4-10-9(18-20-19-10)3-7(8)6-1-2-11(16)17-5-6;1-10(2)11(3,4)16-12(15-10)8-5-6-9(13)14-7-8;1-4-2-6(9)7(10(11)12)3-5(4)8;1-4-2-6-7(3-5(4)8)10-11-9-6;1-4-2-6(9)7(10)3-5(4)8;8-7(11)6-4(9)2-1-3-5(6)10;2-1-3/h1-8H,(H,25,26,29);1-5H,(H2,16,17);5-7H,1-4H3,(H2,13,14);2-3H,9H2,1H3;2-3H,1H3;2-3H,9-10H2,1H3;1-3H;1H2. The van der Waals surface area contributed by atoms with Crippen LogP contribution >= 0.6 is 118 Å². The van der Waals surface area contributed by atoms with Gasteiger partial charge in [-0.3, -0.25) is 19.7 Å². The van der Waals surface area contributed by atoms with Gasteiger partial charge in [0, 0.05) is 54.7 Å². The van der Waals surface area contributed by atoms with E-state index >= 15 is 0 Å². The first kappa shape index (κ1) is 90.8. The second-order valence-corrected chi connectivity index (χ2v) is 29.6. The van der Waals surface area contributed by atoms with Gasteiger partial charge in [0.25, 0.3) is 16.8 Å². The molecule has 0 saturated carbocycles. The number of nitrogens with zero attached hydrogens (tertiary/aromatic N) is 10. The summed E-state index contributed by atoms with van der Waals surface area (Å²) in [6.07, 6.45) is -5.00. The predicted octanol–water partition coefficient (Wildman–Crippen LogP) is 20.3. The van der Waals surface area contributed by atoms with Crippen LogP contribution < -0.4 is 39.4 Å². The van der Waals surface area contributed by atoms with Gasteiger partial charge >= 0.3 is 19.5 Å². The number of anilines is 6. The lowest BCUT2D eigenvalue weighted by molar-refractivity contribution is -0.384. The quantitative estimate of drug-likeness (QED) is 0.0164. The van der Waals surface area contributed by atoms with Crippen LogP contribution in [-0.4, -0.2) is 80.9 Å². The Hall–Kier alpha value is -9.42. The number of fused-ring (bicyclic) bond motifs is 3. The molecule has 0 unspecified atom stereocenters. The summed E-state index contributed by atoms with van der Waals surface area (Å²) in [5.41, 5.74) is 32.5. The molecule has 1 saturated heterocycles. The zero-order chi connectivity index (χ0) is 83.8. The molecule has 1 fully saturated rings. The molecule has 22 nitrogen and oxygen atoms in total. The summed E-state index contributed by atoms with van der Waals surface area (Å²) in [5, 5.41) is 11.7. The number of nitrogen functional groups attached to an aromatic ring is 5. The average molecular weight is 1880 g/mol. The number of hydrogen-bond acceptors (Lipinski definition) is 23. The third kappa shape index (κ3) is 24.6. The molecule has 14 rings (SSSR count). The number of nitro groups is 1. The van der Waals surface area contributed by atoms with E-state index in [1.165, 1.54) is 66.0 Å². The topological polar surface area (TPSA) is 354 Å². The number of pyridine rings is 3. The Bertz CT molecular complexity index is 5400. The molecule has 0 aliphatic carbocycles. The summed E-state index contributed by atoms with van der Waals surface area (Å²) >= 11 is 27.3. The molecule has 0 atom stereocenters. The van der Waals surface area contributed by atoms with Crippen LogP contribution in [0.2, 0.25) is 0 Å². The van der Waals surface area contributed by atoms with Gasteiger partial charge in [-0.05, 0) is 197 Å². The molecule has 592 valence electrons. The van der Waals surface area contributed by atoms with Gasteiger partial charge in [-0.25, -0.2) is 32.5 Å². The lowest BCUT2D eigenvalue weighted by Gasteiger charge is -2.32. The molecular formula is C71H59BBr3Cl3F10N16O6S3. The number of nitrogens with two attached hydrogens (primary N) is 5. The van der Waals surface area contributed by atoms with E-state index in [0.717, 1.165) is 115 Å². The number of halogens is 16. The van der Waals surface area contributed by atoms with Crippen LogP contribution in [0, 0.1) is 54.2 Å². The average Bonchev–Trinajstić information content (AvgIpc) is 1.67. The normalized spacial score (nSPS) is 12.4. The lowest BCUT2D eigenvalue weighted by atomic mass is 9.80. The Labute approximate surface area is 689 Å². The van der Waals surface area contributed by atoms with E-state index in [4.69, 9.17) is 72.8 Å². The highest BCUT2D eigenvalue weighted by atomic mass is 79.9. The van der Waals surface area contributed by atoms with Crippen LogP contribution in [0.3, 0.4) is 0 Å². The number of nitrogens with one attached hydrogen (secondary N) is 1. The molecule has 0 radical (unpaired) electrons. The van der Waals surface area contributed by atoms with Gasteiger partial charge in [-0.2, -0.15) is 52.6 Å². The third-order valence-electron chi connectivity index (χ3n) is 15.9. The van der Waals surface area contributed by atoms with Crippen LogP contribution in [0.25, 0.3) is 55.4 Å². The van der Waals surface area contributed by atoms with Crippen molar-refractivity contribution in [2.75, 3.05) is 39.3 Å². The van der Waals surface area contributed by atoms with Gasteiger partial charge in [0.05, 0.1) is 79.2 Å². The molecule has 13 aromatic rings. The van der Waals surface area contributed by atoms with E-state index < -0.39 is 73.9 Å². The monoisotopic (exact) mass is 1870 g/mol. The predicted molar refractivity (Wildman–Crippen MR) is 435 cm³/mol. The highest BCUT2D eigenvalue weighted by Crippen LogP contribution is 2.42. The van der Waals surface area contributed by atoms with Crippen LogP contribution in [-0.2, 0) is 21.7 Å². The number of alkyl halides is 8. The fourth-order valence-corrected chi connectivity index (χ4v) is 12.1. The maximum Gasteiger partial charge on any atom is 0.496 e. The summed E-state index contributed by atoms with van der Waals surface area (Å²) in [7, 11) is -0.363. The number of nitro benzene ring substituents is 1. The molecule has 0 spiro atoms. The Balaban J connectivity index is 0.000000189. The van der Waals surface area contributed by atoms with Crippen molar-refractivity contribution >= 4 is 215 Å². The van der Waals surface area contributed by atoms with Gasteiger partial charge in [0.1, 0.15) is 90.6 Å². The van der Waals surface area contributed by atoms with E-state index in [1.807, 2.05) is 78.8 Å². The van der Waals surface area contributed by atoms with E-state index in [9.17, 15) is 63.6 Å². The number of hydrogen-bond donors (Lipinski definition) is 6. The lowest BCUT2D eigenvalue weighted by Crippen LogP contribution is -2.41. The molecule has 1 aliphatic rings. The fraction of sp³-hybridized carbons (Fsp3) is 0.169. The van der Waals surface area contributed by atoms with E-state index in [-0.39, 0.29) is 74.4 Å². The van der Waals surface area contributed by atoms with Crippen LogP contribution in [0.1, 0.15) is 76.2 Å². The molecule has 0 bridgehead atoms. The van der Waals surface area contributed by atoms with Crippen molar-refractivity contribution in [1.82, 2.24) is 41.2 Å². The molecule has 113 heavy (non-hydrogen) atoms. The van der Waals surface area contributed by atoms with Crippen molar-refractivity contribution in [3.8, 4) is 22.3 Å². The number of carbonyl (C=O) groups excluding carboxylic acids is 2. The number of carbonyl (C=O) groups is 2. The van der Waals surface area contributed by atoms with E-state index in [0.29, 0.717) is 38.3 Å². The van der Waals surface area contributed by atoms with Crippen LogP contribution in [0.5, 0.6) is 0 Å². The smallest absolute Gasteiger partial charge is 0.399 e. The molecule has 1 aliphatic heterocycles. The maximum atomic E-state index is 13.7. The van der Waals surface area contributed by atoms with Gasteiger partial charge < -0.3 is 43.3 Å².